The number of nitrogens with one attached hydrogen (secondary N) is 1. The van der Waals surface area contributed by atoms with E-state index in [9.17, 15) is 4.79 Å². The summed E-state index contributed by atoms with van der Waals surface area (Å²) in [7, 11) is 3.03. The molecule has 0 saturated heterocycles. The molecule has 0 saturated carbocycles. The molecule has 0 aromatic heterocycles. The SMILES string of the molecule is COc1cc(OC)cc(C(=O)NN)c1. The molecule has 76 valence electrons. The van der Waals surface area contributed by atoms with E-state index in [4.69, 9.17) is 15.3 Å². The molecule has 0 heterocycles. The van der Waals surface area contributed by atoms with Crippen molar-refractivity contribution in [2.45, 2.75) is 0 Å². The first-order valence-corrected chi connectivity index (χ1v) is 3.95. The molecule has 0 atom stereocenters. The molecule has 1 amide bonds. The molecule has 14 heavy (non-hydrogen) atoms. The smallest absolute Gasteiger partial charge is 0.265 e. The lowest BCUT2D eigenvalue weighted by molar-refractivity contribution is 0.0953. The zero-order valence-corrected chi connectivity index (χ0v) is 8.03. The van der Waals surface area contributed by atoms with E-state index in [0.29, 0.717) is 17.1 Å². The molecule has 0 radical (unpaired) electrons. The molecule has 5 heteroatoms. The Labute approximate surface area is 81.8 Å². The normalized spacial score (nSPS) is 9.36. The summed E-state index contributed by atoms with van der Waals surface area (Å²) >= 11 is 0. The van der Waals surface area contributed by atoms with E-state index in [1.54, 1.807) is 18.2 Å². The average molecular weight is 196 g/mol. The standard InChI is InChI=1S/C9H12N2O3/c1-13-7-3-6(9(12)11-10)4-8(5-7)14-2/h3-5H,10H2,1-2H3,(H,11,12). The summed E-state index contributed by atoms with van der Waals surface area (Å²) in [4.78, 5) is 11.2. The Hall–Kier alpha value is -1.75. The van der Waals surface area contributed by atoms with Crippen LogP contribution in [0.1, 0.15) is 10.4 Å². The van der Waals surface area contributed by atoms with Crippen LogP contribution in [0.15, 0.2) is 18.2 Å². The lowest BCUT2D eigenvalue weighted by Gasteiger charge is -2.06. The second-order valence-corrected chi connectivity index (χ2v) is 2.57. The van der Waals surface area contributed by atoms with Gasteiger partial charge in [-0.25, -0.2) is 5.84 Å². The Morgan fingerprint density at radius 3 is 2.07 bits per heavy atom. The maximum absolute atomic E-state index is 11.2. The highest BCUT2D eigenvalue weighted by molar-refractivity contribution is 5.94. The van der Waals surface area contributed by atoms with E-state index < -0.39 is 0 Å². The third kappa shape index (κ3) is 2.14. The lowest BCUT2D eigenvalue weighted by atomic mass is 10.2. The number of rotatable bonds is 3. The number of hydrogen-bond acceptors (Lipinski definition) is 4. The van der Waals surface area contributed by atoms with Gasteiger partial charge in [-0.3, -0.25) is 10.2 Å². The number of ether oxygens (including phenoxy) is 2. The summed E-state index contributed by atoms with van der Waals surface area (Å²) in [5.74, 6) is 5.71. The van der Waals surface area contributed by atoms with Gasteiger partial charge in [-0.15, -0.1) is 0 Å². The average Bonchev–Trinajstić information content (AvgIpc) is 2.27. The number of benzene rings is 1. The van der Waals surface area contributed by atoms with E-state index in [-0.39, 0.29) is 5.91 Å². The van der Waals surface area contributed by atoms with Crippen molar-refractivity contribution >= 4 is 5.91 Å². The molecule has 1 rings (SSSR count). The Morgan fingerprint density at radius 2 is 1.71 bits per heavy atom. The fourth-order valence-electron chi connectivity index (χ4n) is 1.02. The number of nitrogen functional groups attached to an aromatic ring is 1. The first kappa shape index (κ1) is 10.3. The van der Waals surface area contributed by atoms with Crippen LogP contribution >= 0.6 is 0 Å². The number of methoxy groups -OCH3 is 2. The van der Waals surface area contributed by atoms with Gasteiger partial charge in [0.05, 0.1) is 14.2 Å². The van der Waals surface area contributed by atoms with Gasteiger partial charge in [0, 0.05) is 11.6 Å². The number of amides is 1. The quantitative estimate of drug-likeness (QED) is 0.414. The van der Waals surface area contributed by atoms with E-state index in [0.717, 1.165) is 0 Å². The third-order valence-electron chi connectivity index (χ3n) is 1.74. The molecular formula is C9H12N2O3. The maximum atomic E-state index is 11.2. The van der Waals surface area contributed by atoms with Gasteiger partial charge in [0.15, 0.2) is 0 Å². The minimum Gasteiger partial charge on any atom is -0.497 e. The zero-order chi connectivity index (χ0) is 10.6. The van der Waals surface area contributed by atoms with Gasteiger partial charge in [-0.1, -0.05) is 0 Å². The summed E-state index contributed by atoms with van der Waals surface area (Å²) < 4.78 is 9.98. The number of nitrogens with two attached hydrogens (primary N) is 1. The summed E-state index contributed by atoms with van der Waals surface area (Å²) in [5.41, 5.74) is 2.43. The topological polar surface area (TPSA) is 73.6 Å². The van der Waals surface area contributed by atoms with Crippen molar-refractivity contribution in [2.75, 3.05) is 14.2 Å². The predicted molar refractivity (Wildman–Crippen MR) is 51.2 cm³/mol. The largest absolute Gasteiger partial charge is 0.497 e. The van der Waals surface area contributed by atoms with Crippen molar-refractivity contribution in [2.24, 2.45) is 5.84 Å². The summed E-state index contributed by atoms with van der Waals surface area (Å²) in [6.07, 6.45) is 0. The van der Waals surface area contributed by atoms with E-state index >= 15 is 0 Å². The van der Waals surface area contributed by atoms with Gasteiger partial charge in [0.25, 0.3) is 5.91 Å². The minimum absolute atomic E-state index is 0.387. The molecule has 0 bridgehead atoms. The van der Waals surface area contributed by atoms with Crippen molar-refractivity contribution in [3.05, 3.63) is 23.8 Å². The van der Waals surface area contributed by atoms with Crippen LogP contribution in [0.5, 0.6) is 11.5 Å². The van der Waals surface area contributed by atoms with Crippen LogP contribution in [0.25, 0.3) is 0 Å². The predicted octanol–water partition coefficient (Wildman–Crippen LogP) is 0.307. The monoisotopic (exact) mass is 196 g/mol. The van der Waals surface area contributed by atoms with Crippen LogP contribution < -0.4 is 20.7 Å². The molecule has 0 spiro atoms. The first-order chi connectivity index (χ1) is 6.71. The van der Waals surface area contributed by atoms with Crippen LogP contribution in [-0.4, -0.2) is 20.1 Å². The second kappa shape index (κ2) is 4.48. The Bertz CT molecular complexity index is 317. The summed E-state index contributed by atoms with van der Waals surface area (Å²) in [5, 5.41) is 0. The number of hydrogen-bond donors (Lipinski definition) is 2. The van der Waals surface area contributed by atoms with Crippen molar-refractivity contribution in [1.82, 2.24) is 5.43 Å². The third-order valence-corrected chi connectivity index (χ3v) is 1.74. The van der Waals surface area contributed by atoms with Gasteiger partial charge in [-0.05, 0) is 12.1 Å². The van der Waals surface area contributed by atoms with Gasteiger partial charge in [-0.2, -0.15) is 0 Å². The highest BCUT2D eigenvalue weighted by Crippen LogP contribution is 2.22. The van der Waals surface area contributed by atoms with E-state index in [1.807, 2.05) is 5.43 Å². The molecule has 1 aromatic carbocycles. The van der Waals surface area contributed by atoms with Gasteiger partial charge in [0.1, 0.15) is 11.5 Å². The van der Waals surface area contributed by atoms with E-state index in [1.165, 1.54) is 14.2 Å². The van der Waals surface area contributed by atoms with Crippen LogP contribution in [0, 0.1) is 0 Å². The van der Waals surface area contributed by atoms with Gasteiger partial charge < -0.3 is 9.47 Å². The van der Waals surface area contributed by atoms with Crippen LogP contribution in [0.4, 0.5) is 0 Å². The molecule has 0 aliphatic carbocycles. The van der Waals surface area contributed by atoms with Gasteiger partial charge in [0.2, 0.25) is 0 Å². The summed E-state index contributed by atoms with van der Waals surface area (Å²) in [6.45, 7) is 0. The fourth-order valence-corrected chi connectivity index (χ4v) is 1.02. The molecule has 1 aromatic rings. The summed E-state index contributed by atoms with van der Waals surface area (Å²) in [6, 6.07) is 4.82. The van der Waals surface area contributed by atoms with Crippen LogP contribution in [0.3, 0.4) is 0 Å². The Balaban J connectivity index is 3.10. The maximum Gasteiger partial charge on any atom is 0.265 e. The molecule has 0 aliphatic rings. The van der Waals surface area contributed by atoms with Crippen molar-refractivity contribution in [1.29, 1.82) is 0 Å². The second-order valence-electron chi connectivity index (χ2n) is 2.57. The highest BCUT2D eigenvalue weighted by Gasteiger charge is 2.07. The molecular weight excluding hydrogens is 184 g/mol. The number of carbonyl (C=O) groups is 1. The van der Waals surface area contributed by atoms with Crippen LogP contribution in [0.2, 0.25) is 0 Å². The minimum atomic E-state index is -0.387. The van der Waals surface area contributed by atoms with E-state index in [2.05, 4.69) is 0 Å². The molecule has 0 aliphatic heterocycles. The van der Waals surface area contributed by atoms with Crippen molar-refractivity contribution in [3.8, 4) is 11.5 Å². The molecule has 5 nitrogen and oxygen atoms in total. The molecule has 0 unspecified atom stereocenters. The van der Waals surface area contributed by atoms with Crippen molar-refractivity contribution < 1.29 is 14.3 Å². The Kier molecular flexibility index (Phi) is 3.30. The molecule has 3 N–H and O–H groups in total. The Morgan fingerprint density at radius 1 is 1.21 bits per heavy atom. The lowest BCUT2D eigenvalue weighted by Crippen LogP contribution is -2.29. The first-order valence-electron chi connectivity index (χ1n) is 3.95. The molecule has 0 fully saturated rings. The van der Waals surface area contributed by atoms with Crippen LogP contribution in [-0.2, 0) is 0 Å². The number of hydrazine groups is 1. The number of carbonyl (C=O) groups excluding carboxylic acids is 1. The fraction of sp³-hybridized carbons (Fsp3) is 0.222. The highest BCUT2D eigenvalue weighted by atomic mass is 16.5. The van der Waals surface area contributed by atoms with Gasteiger partial charge >= 0.3 is 0 Å². The zero-order valence-electron chi connectivity index (χ0n) is 8.03. The van der Waals surface area contributed by atoms with Crippen molar-refractivity contribution in [3.63, 3.8) is 0 Å².